The lowest BCUT2D eigenvalue weighted by Gasteiger charge is -2.24. The van der Waals surface area contributed by atoms with Gasteiger partial charge in [-0.3, -0.25) is 10.1 Å². The van der Waals surface area contributed by atoms with Gasteiger partial charge in [0, 0.05) is 30.2 Å². The van der Waals surface area contributed by atoms with Crippen molar-refractivity contribution in [2.24, 2.45) is 5.92 Å². The van der Waals surface area contributed by atoms with Crippen molar-refractivity contribution in [1.29, 1.82) is 0 Å². The number of nitro benzene ring substituents is 1. The molecular formula is C13H16ClN3O2. The number of nitrogens with one attached hydrogen (secondary N) is 1. The number of halogens is 1. The van der Waals surface area contributed by atoms with Crippen LogP contribution in [0.4, 0.5) is 11.4 Å². The Morgan fingerprint density at radius 1 is 1.42 bits per heavy atom. The average Bonchev–Trinajstić information content (AvgIpc) is 2.82. The fourth-order valence-electron chi connectivity index (χ4n) is 3.15. The van der Waals surface area contributed by atoms with E-state index in [4.69, 9.17) is 11.6 Å². The van der Waals surface area contributed by atoms with Gasteiger partial charge in [0.2, 0.25) is 0 Å². The molecule has 1 N–H and O–H groups in total. The Hall–Kier alpha value is -1.33. The molecule has 2 aliphatic rings. The van der Waals surface area contributed by atoms with Crippen LogP contribution in [-0.4, -0.2) is 30.6 Å². The highest BCUT2D eigenvalue weighted by Crippen LogP contribution is 2.35. The molecule has 19 heavy (non-hydrogen) atoms. The van der Waals surface area contributed by atoms with E-state index < -0.39 is 0 Å². The highest BCUT2D eigenvalue weighted by molar-refractivity contribution is 6.30. The fourth-order valence-corrected chi connectivity index (χ4v) is 3.32. The zero-order valence-corrected chi connectivity index (χ0v) is 11.3. The van der Waals surface area contributed by atoms with E-state index >= 15 is 0 Å². The van der Waals surface area contributed by atoms with Gasteiger partial charge in [-0.05, 0) is 37.4 Å². The van der Waals surface area contributed by atoms with E-state index in [1.54, 1.807) is 12.1 Å². The van der Waals surface area contributed by atoms with E-state index in [9.17, 15) is 10.1 Å². The summed E-state index contributed by atoms with van der Waals surface area (Å²) in [5.74, 6) is 0.601. The number of hydrogen-bond acceptors (Lipinski definition) is 4. The molecule has 6 heteroatoms. The lowest BCUT2D eigenvalue weighted by atomic mass is 9.94. The predicted octanol–water partition coefficient (Wildman–Crippen LogP) is 2.44. The van der Waals surface area contributed by atoms with Crippen LogP contribution in [0.2, 0.25) is 5.02 Å². The number of benzene rings is 1. The van der Waals surface area contributed by atoms with Gasteiger partial charge in [-0.25, -0.2) is 0 Å². The third-order valence-electron chi connectivity index (χ3n) is 4.07. The average molecular weight is 282 g/mol. The van der Waals surface area contributed by atoms with Crippen molar-refractivity contribution in [3.05, 3.63) is 33.3 Å². The number of anilines is 1. The summed E-state index contributed by atoms with van der Waals surface area (Å²) < 4.78 is 0. The normalized spacial score (nSPS) is 26.3. The molecule has 0 bridgehead atoms. The molecule has 1 aromatic carbocycles. The molecule has 2 fully saturated rings. The second kappa shape index (κ2) is 4.98. The molecule has 2 atom stereocenters. The van der Waals surface area contributed by atoms with Crippen LogP contribution in [0, 0.1) is 16.0 Å². The minimum atomic E-state index is -0.351. The zero-order valence-electron chi connectivity index (χ0n) is 10.5. The van der Waals surface area contributed by atoms with E-state index in [2.05, 4.69) is 10.2 Å². The van der Waals surface area contributed by atoms with E-state index in [-0.39, 0.29) is 10.6 Å². The number of fused-ring (bicyclic) bond motifs is 1. The van der Waals surface area contributed by atoms with Gasteiger partial charge >= 0.3 is 0 Å². The molecule has 1 aromatic rings. The van der Waals surface area contributed by atoms with Gasteiger partial charge < -0.3 is 10.2 Å². The van der Waals surface area contributed by atoms with Gasteiger partial charge in [-0.1, -0.05) is 11.6 Å². The van der Waals surface area contributed by atoms with Crippen molar-refractivity contribution in [3.63, 3.8) is 0 Å². The minimum absolute atomic E-state index is 0.103. The van der Waals surface area contributed by atoms with Crippen LogP contribution >= 0.6 is 11.6 Å². The summed E-state index contributed by atoms with van der Waals surface area (Å²) in [6.07, 6.45) is 2.40. The Labute approximate surface area is 116 Å². The molecule has 0 spiro atoms. The fraction of sp³-hybridized carbons (Fsp3) is 0.538. The van der Waals surface area contributed by atoms with Gasteiger partial charge in [-0.2, -0.15) is 0 Å². The van der Waals surface area contributed by atoms with Crippen LogP contribution in [0.15, 0.2) is 18.2 Å². The van der Waals surface area contributed by atoms with Crippen LogP contribution < -0.4 is 10.2 Å². The highest BCUT2D eigenvalue weighted by Gasteiger charge is 2.36. The molecule has 3 rings (SSSR count). The Morgan fingerprint density at radius 2 is 2.26 bits per heavy atom. The molecule has 102 valence electrons. The number of rotatable bonds is 2. The first-order valence-electron chi connectivity index (χ1n) is 6.57. The molecule has 0 radical (unpaired) electrons. The van der Waals surface area contributed by atoms with Crippen molar-refractivity contribution in [2.45, 2.75) is 18.9 Å². The first kappa shape index (κ1) is 12.7. The standard InChI is InChI=1S/C13H16ClN3O2/c14-10-3-4-12(13(6-10)17(18)19)16-7-9-2-1-5-15-11(9)8-16/h3-4,6,9,11,15H,1-2,5,7-8H2. The minimum Gasteiger partial charge on any atom is -0.364 e. The van der Waals surface area contributed by atoms with Gasteiger partial charge in [0.05, 0.1) is 4.92 Å². The Morgan fingerprint density at radius 3 is 3.00 bits per heavy atom. The molecule has 0 aliphatic carbocycles. The van der Waals surface area contributed by atoms with Crippen LogP contribution in [0.25, 0.3) is 0 Å². The Balaban J connectivity index is 1.88. The monoisotopic (exact) mass is 281 g/mol. The summed E-state index contributed by atoms with van der Waals surface area (Å²) in [7, 11) is 0. The number of hydrogen-bond donors (Lipinski definition) is 1. The van der Waals surface area contributed by atoms with Gasteiger partial charge in [0.25, 0.3) is 5.69 Å². The van der Waals surface area contributed by atoms with Gasteiger partial charge in [-0.15, -0.1) is 0 Å². The number of piperidine rings is 1. The molecule has 2 saturated heterocycles. The largest absolute Gasteiger partial charge is 0.364 e. The first-order chi connectivity index (χ1) is 9.15. The molecule has 2 aliphatic heterocycles. The second-order valence-corrected chi connectivity index (χ2v) is 5.69. The summed E-state index contributed by atoms with van der Waals surface area (Å²) in [6, 6.07) is 5.38. The summed E-state index contributed by atoms with van der Waals surface area (Å²) in [5, 5.41) is 15.1. The van der Waals surface area contributed by atoms with Crippen LogP contribution in [0.5, 0.6) is 0 Å². The SMILES string of the molecule is O=[N+]([O-])c1cc(Cl)ccc1N1CC2CCCNC2C1. The van der Waals surface area contributed by atoms with E-state index in [1.807, 2.05) is 0 Å². The van der Waals surface area contributed by atoms with Crippen molar-refractivity contribution in [2.75, 3.05) is 24.5 Å². The molecule has 0 saturated carbocycles. The lowest BCUT2D eigenvalue weighted by molar-refractivity contribution is -0.384. The van der Waals surface area contributed by atoms with Crippen LogP contribution in [0.3, 0.4) is 0 Å². The van der Waals surface area contributed by atoms with E-state index in [0.717, 1.165) is 19.6 Å². The summed E-state index contributed by atoms with van der Waals surface area (Å²) >= 11 is 5.85. The highest BCUT2D eigenvalue weighted by atomic mass is 35.5. The summed E-state index contributed by atoms with van der Waals surface area (Å²) in [6.45, 7) is 2.78. The predicted molar refractivity (Wildman–Crippen MR) is 74.8 cm³/mol. The maximum Gasteiger partial charge on any atom is 0.294 e. The van der Waals surface area contributed by atoms with Gasteiger partial charge in [0.15, 0.2) is 0 Å². The zero-order chi connectivity index (χ0) is 13.4. The first-order valence-corrected chi connectivity index (χ1v) is 6.95. The van der Waals surface area contributed by atoms with Crippen molar-refractivity contribution in [3.8, 4) is 0 Å². The molecule has 2 heterocycles. The van der Waals surface area contributed by atoms with Crippen molar-refractivity contribution < 1.29 is 4.92 Å². The van der Waals surface area contributed by atoms with Crippen molar-refractivity contribution >= 4 is 23.0 Å². The molecular weight excluding hydrogens is 266 g/mol. The molecule has 0 aromatic heterocycles. The quantitative estimate of drug-likeness (QED) is 0.668. The Kier molecular flexibility index (Phi) is 3.33. The molecule has 0 amide bonds. The molecule has 5 nitrogen and oxygen atoms in total. The topological polar surface area (TPSA) is 58.4 Å². The number of nitro groups is 1. The van der Waals surface area contributed by atoms with Crippen molar-refractivity contribution in [1.82, 2.24) is 5.32 Å². The number of nitrogens with zero attached hydrogens (tertiary/aromatic N) is 2. The van der Waals surface area contributed by atoms with Gasteiger partial charge in [0.1, 0.15) is 5.69 Å². The lowest BCUT2D eigenvalue weighted by Crippen LogP contribution is -2.40. The summed E-state index contributed by atoms with van der Waals surface area (Å²) in [5.41, 5.74) is 0.789. The summed E-state index contributed by atoms with van der Waals surface area (Å²) in [4.78, 5) is 12.9. The van der Waals surface area contributed by atoms with E-state index in [0.29, 0.717) is 22.7 Å². The second-order valence-electron chi connectivity index (χ2n) is 5.26. The molecule has 2 unspecified atom stereocenters. The smallest absolute Gasteiger partial charge is 0.294 e. The third-order valence-corrected chi connectivity index (χ3v) is 4.31. The maximum absolute atomic E-state index is 11.1. The van der Waals surface area contributed by atoms with Crippen LogP contribution in [0.1, 0.15) is 12.8 Å². The Bertz CT molecular complexity index is 495. The van der Waals surface area contributed by atoms with Crippen LogP contribution in [-0.2, 0) is 0 Å². The maximum atomic E-state index is 11.1. The third kappa shape index (κ3) is 2.40. The van der Waals surface area contributed by atoms with E-state index in [1.165, 1.54) is 18.9 Å².